The molecule has 0 aliphatic carbocycles. The van der Waals surface area contributed by atoms with Gasteiger partial charge in [-0.3, -0.25) is 0 Å². The van der Waals surface area contributed by atoms with Gasteiger partial charge in [0.25, 0.3) is 0 Å². The Bertz CT molecular complexity index is 593. The summed E-state index contributed by atoms with van der Waals surface area (Å²) in [5.74, 6) is -0.307. The lowest BCUT2D eigenvalue weighted by Gasteiger charge is -2.07. The average Bonchev–Trinajstić information content (AvgIpc) is 2.38. The Hall–Kier alpha value is -2.49. The van der Waals surface area contributed by atoms with E-state index in [-0.39, 0.29) is 5.75 Å². The summed E-state index contributed by atoms with van der Waals surface area (Å²) in [7, 11) is 1.31. The zero-order chi connectivity index (χ0) is 13.1. The summed E-state index contributed by atoms with van der Waals surface area (Å²) in [5, 5.41) is 9.44. The van der Waals surface area contributed by atoms with Crippen molar-refractivity contribution in [2.75, 3.05) is 12.8 Å². The van der Waals surface area contributed by atoms with Gasteiger partial charge in [-0.2, -0.15) is 0 Å². The Morgan fingerprint density at radius 1 is 1.17 bits per heavy atom. The number of phenolic OH excluding ortho intramolecular Hbond substituents is 1. The van der Waals surface area contributed by atoms with Gasteiger partial charge >= 0.3 is 5.97 Å². The topological polar surface area (TPSA) is 72.5 Å². The number of benzene rings is 2. The fourth-order valence-corrected chi connectivity index (χ4v) is 1.71. The van der Waals surface area contributed by atoms with Crippen molar-refractivity contribution in [1.82, 2.24) is 0 Å². The van der Waals surface area contributed by atoms with Gasteiger partial charge in [0.2, 0.25) is 0 Å². The van der Waals surface area contributed by atoms with Crippen LogP contribution in [0.1, 0.15) is 10.4 Å². The van der Waals surface area contributed by atoms with Gasteiger partial charge in [0, 0.05) is 5.69 Å². The van der Waals surface area contributed by atoms with E-state index < -0.39 is 5.97 Å². The molecule has 0 heterocycles. The number of nitrogen functional groups attached to an aromatic ring is 1. The SMILES string of the molecule is COC(=O)c1cc(-c2cccc(O)c2)ccc1N. The second-order valence-corrected chi connectivity index (χ2v) is 3.84. The Balaban J connectivity index is 2.50. The fourth-order valence-electron chi connectivity index (χ4n) is 1.71. The number of ether oxygens (including phenoxy) is 1. The monoisotopic (exact) mass is 243 g/mol. The Labute approximate surface area is 105 Å². The van der Waals surface area contributed by atoms with Crippen LogP contribution in [0.4, 0.5) is 5.69 Å². The number of hydrogen-bond acceptors (Lipinski definition) is 4. The zero-order valence-corrected chi connectivity index (χ0v) is 9.88. The number of phenols is 1. The lowest BCUT2D eigenvalue weighted by Crippen LogP contribution is -2.05. The lowest BCUT2D eigenvalue weighted by atomic mass is 10.0. The van der Waals surface area contributed by atoms with E-state index in [9.17, 15) is 9.90 Å². The summed E-state index contributed by atoms with van der Waals surface area (Å²) in [6.45, 7) is 0. The highest BCUT2D eigenvalue weighted by molar-refractivity contribution is 5.96. The molecule has 3 N–H and O–H groups in total. The highest BCUT2D eigenvalue weighted by atomic mass is 16.5. The molecule has 0 aliphatic heterocycles. The quantitative estimate of drug-likeness (QED) is 0.627. The van der Waals surface area contributed by atoms with Gasteiger partial charge in [-0.25, -0.2) is 4.79 Å². The van der Waals surface area contributed by atoms with E-state index in [1.165, 1.54) is 7.11 Å². The summed E-state index contributed by atoms with van der Waals surface area (Å²) in [5.41, 5.74) is 8.01. The van der Waals surface area contributed by atoms with Gasteiger partial charge in [-0.15, -0.1) is 0 Å². The molecule has 0 saturated heterocycles. The third kappa shape index (κ3) is 2.27. The van der Waals surface area contributed by atoms with Crippen molar-refractivity contribution in [2.24, 2.45) is 0 Å². The van der Waals surface area contributed by atoms with Crippen LogP contribution in [0.5, 0.6) is 5.75 Å². The van der Waals surface area contributed by atoms with E-state index in [0.717, 1.165) is 11.1 Å². The maximum atomic E-state index is 11.5. The normalized spacial score (nSPS) is 10.1. The summed E-state index contributed by atoms with van der Waals surface area (Å²) in [6.07, 6.45) is 0. The van der Waals surface area contributed by atoms with E-state index in [1.54, 1.807) is 36.4 Å². The zero-order valence-electron chi connectivity index (χ0n) is 9.88. The minimum atomic E-state index is -0.477. The number of nitrogens with two attached hydrogens (primary N) is 1. The summed E-state index contributed by atoms with van der Waals surface area (Å²) >= 11 is 0. The maximum absolute atomic E-state index is 11.5. The van der Waals surface area contributed by atoms with E-state index in [1.807, 2.05) is 6.07 Å². The number of carbonyl (C=O) groups excluding carboxylic acids is 1. The predicted molar refractivity (Wildman–Crippen MR) is 69.3 cm³/mol. The molecule has 0 spiro atoms. The molecule has 0 atom stereocenters. The molecule has 2 aromatic rings. The molecule has 0 saturated carbocycles. The number of aromatic hydroxyl groups is 1. The fraction of sp³-hybridized carbons (Fsp3) is 0.0714. The van der Waals surface area contributed by atoms with Crippen LogP contribution in [0.15, 0.2) is 42.5 Å². The lowest BCUT2D eigenvalue weighted by molar-refractivity contribution is 0.0602. The van der Waals surface area contributed by atoms with E-state index in [2.05, 4.69) is 4.74 Å². The van der Waals surface area contributed by atoms with Gasteiger partial charge in [0.05, 0.1) is 12.7 Å². The van der Waals surface area contributed by atoms with E-state index >= 15 is 0 Å². The average molecular weight is 243 g/mol. The van der Waals surface area contributed by atoms with Gasteiger partial charge in [0.15, 0.2) is 0 Å². The number of anilines is 1. The van der Waals surface area contributed by atoms with Gasteiger partial charge in [-0.05, 0) is 35.4 Å². The van der Waals surface area contributed by atoms with Gasteiger partial charge < -0.3 is 15.6 Å². The van der Waals surface area contributed by atoms with Crippen molar-refractivity contribution < 1.29 is 14.6 Å². The van der Waals surface area contributed by atoms with E-state index in [0.29, 0.717) is 11.3 Å². The van der Waals surface area contributed by atoms with Gasteiger partial charge in [0.1, 0.15) is 5.75 Å². The maximum Gasteiger partial charge on any atom is 0.339 e. The predicted octanol–water partition coefficient (Wildman–Crippen LogP) is 2.43. The molecule has 0 aliphatic rings. The molecule has 0 amide bonds. The van der Waals surface area contributed by atoms with Gasteiger partial charge in [-0.1, -0.05) is 18.2 Å². The highest BCUT2D eigenvalue weighted by Gasteiger charge is 2.11. The molecule has 4 nitrogen and oxygen atoms in total. The van der Waals surface area contributed by atoms with Crippen LogP contribution in [-0.4, -0.2) is 18.2 Å². The standard InChI is InChI=1S/C14H13NO3/c1-18-14(17)12-8-10(5-6-13(12)15)9-3-2-4-11(16)7-9/h2-8,16H,15H2,1H3. The third-order valence-electron chi connectivity index (χ3n) is 2.64. The summed E-state index contributed by atoms with van der Waals surface area (Å²) in [6, 6.07) is 11.9. The molecule has 2 rings (SSSR count). The minimum absolute atomic E-state index is 0.170. The first-order valence-corrected chi connectivity index (χ1v) is 5.39. The van der Waals surface area contributed by atoms with Crippen molar-refractivity contribution in [1.29, 1.82) is 0 Å². The highest BCUT2D eigenvalue weighted by Crippen LogP contribution is 2.26. The molecule has 92 valence electrons. The molecule has 4 heteroatoms. The molecule has 0 bridgehead atoms. The molecule has 0 unspecified atom stereocenters. The Kier molecular flexibility index (Phi) is 3.19. The third-order valence-corrected chi connectivity index (χ3v) is 2.64. The van der Waals surface area contributed by atoms with E-state index in [4.69, 9.17) is 5.73 Å². The second-order valence-electron chi connectivity index (χ2n) is 3.84. The molecule has 18 heavy (non-hydrogen) atoms. The van der Waals surface area contributed by atoms with Crippen LogP contribution in [0.2, 0.25) is 0 Å². The van der Waals surface area contributed by atoms with Crippen molar-refractivity contribution in [2.45, 2.75) is 0 Å². The largest absolute Gasteiger partial charge is 0.508 e. The van der Waals surface area contributed by atoms with Crippen LogP contribution in [0.3, 0.4) is 0 Å². The number of methoxy groups -OCH3 is 1. The van der Waals surface area contributed by atoms with Crippen LogP contribution in [-0.2, 0) is 4.74 Å². The molecule has 0 fully saturated rings. The molecule has 2 aromatic carbocycles. The van der Waals surface area contributed by atoms with Crippen molar-refractivity contribution in [3.63, 3.8) is 0 Å². The number of rotatable bonds is 2. The molecular formula is C14H13NO3. The van der Waals surface area contributed by atoms with Crippen molar-refractivity contribution in [3.05, 3.63) is 48.0 Å². The van der Waals surface area contributed by atoms with Crippen LogP contribution in [0.25, 0.3) is 11.1 Å². The number of carbonyl (C=O) groups is 1. The van der Waals surface area contributed by atoms with Crippen molar-refractivity contribution >= 4 is 11.7 Å². The first-order chi connectivity index (χ1) is 8.61. The smallest absolute Gasteiger partial charge is 0.339 e. The van der Waals surface area contributed by atoms with Crippen LogP contribution < -0.4 is 5.73 Å². The van der Waals surface area contributed by atoms with Crippen LogP contribution >= 0.6 is 0 Å². The Morgan fingerprint density at radius 3 is 2.56 bits per heavy atom. The summed E-state index contributed by atoms with van der Waals surface area (Å²) < 4.78 is 4.66. The molecule has 0 aromatic heterocycles. The first-order valence-electron chi connectivity index (χ1n) is 5.39. The summed E-state index contributed by atoms with van der Waals surface area (Å²) in [4.78, 5) is 11.5. The van der Waals surface area contributed by atoms with Crippen molar-refractivity contribution in [3.8, 4) is 16.9 Å². The molecular weight excluding hydrogens is 230 g/mol. The Morgan fingerprint density at radius 2 is 1.89 bits per heavy atom. The first kappa shape index (κ1) is 12.0. The second kappa shape index (κ2) is 4.79. The number of hydrogen-bond donors (Lipinski definition) is 2. The number of esters is 1. The van der Waals surface area contributed by atoms with Crippen LogP contribution in [0, 0.1) is 0 Å². The minimum Gasteiger partial charge on any atom is -0.508 e. The molecule has 0 radical (unpaired) electrons.